The van der Waals surface area contributed by atoms with Gasteiger partial charge in [-0.2, -0.15) is 0 Å². The molecule has 1 atom stereocenters. The van der Waals surface area contributed by atoms with Crippen LogP contribution in [0.15, 0.2) is 29.6 Å². The van der Waals surface area contributed by atoms with Crippen molar-refractivity contribution in [3.8, 4) is 0 Å². The second kappa shape index (κ2) is 6.56. The first-order chi connectivity index (χ1) is 10.3. The van der Waals surface area contributed by atoms with E-state index in [1.54, 1.807) is 11.3 Å². The number of thiophene rings is 1. The van der Waals surface area contributed by atoms with Crippen molar-refractivity contribution >= 4 is 27.4 Å². The second-order valence-corrected chi connectivity index (χ2v) is 6.31. The van der Waals surface area contributed by atoms with Crippen molar-refractivity contribution in [1.29, 1.82) is 0 Å². The Morgan fingerprint density at radius 1 is 1.38 bits per heavy atom. The Hall–Kier alpha value is -1.43. The van der Waals surface area contributed by atoms with E-state index in [0.29, 0.717) is 19.8 Å². The molecule has 1 unspecified atom stereocenters. The van der Waals surface area contributed by atoms with E-state index in [-0.39, 0.29) is 5.92 Å². The monoisotopic (exact) mass is 305 g/mol. The van der Waals surface area contributed by atoms with Gasteiger partial charge in [0.05, 0.1) is 0 Å². The summed E-state index contributed by atoms with van der Waals surface area (Å²) in [7, 11) is 0. The molecule has 3 rings (SSSR count). The second-order valence-electron chi connectivity index (χ2n) is 5.40. The lowest BCUT2D eigenvalue weighted by molar-refractivity contribution is -0.142. The van der Waals surface area contributed by atoms with Gasteiger partial charge in [0.15, 0.2) is 0 Å². The van der Waals surface area contributed by atoms with E-state index in [9.17, 15) is 9.90 Å². The maximum atomic E-state index is 11.5. The first-order valence-corrected chi connectivity index (χ1v) is 8.12. The topological polar surface area (TPSA) is 58.6 Å². The summed E-state index contributed by atoms with van der Waals surface area (Å²) < 4.78 is 6.56. The van der Waals surface area contributed by atoms with Gasteiger partial charge in [-0.05, 0) is 41.2 Å². The summed E-state index contributed by atoms with van der Waals surface area (Å²) in [6, 6.07) is 7.74. The van der Waals surface area contributed by atoms with Gasteiger partial charge in [-0.25, -0.2) is 0 Å². The van der Waals surface area contributed by atoms with Crippen molar-refractivity contribution in [2.75, 3.05) is 13.2 Å². The van der Waals surface area contributed by atoms with E-state index in [2.05, 4.69) is 22.8 Å². The van der Waals surface area contributed by atoms with Gasteiger partial charge < -0.3 is 15.2 Å². The molecule has 0 radical (unpaired) electrons. The maximum absolute atomic E-state index is 11.5. The third kappa shape index (κ3) is 3.26. The fraction of sp³-hybridized carbons (Fsp3) is 0.438. The van der Waals surface area contributed by atoms with Gasteiger partial charge in [0.2, 0.25) is 0 Å². The third-order valence-electron chi connectivity index (χ3n) is 4.08. The zero-order valence-electron chi connectivity index (χ0n) is 11.7. The molecular formula is C16H19NO3S. The molecule has 1 saturated heterocycles. The number of carbonyl (C=O) groups is 1. The Morgan fingerprint density at radius 3 is 2.90 bits per heavy atom. The number of nitrogens with one attached hydrogen (secondary N) is 1. The van der Waals surface area contributed by atoms with Crippen LogP contribution >= 0.6 is 11.3 Å². The molecule has 4 nitrogen and oxygen atoms in total. The number of carboxylic acids is 1. The maximum Gasteiger partial charge on any atom is 0.320 e. The minimum Gasteiger partial charge on any atom is -0.480 e. The SMILES string of the molecule is O=C(O)C(NCc1csc2ccccc12)C1CCOCC1. The highest BCUT2D eigenvalue weighted by Crippen LogP contribution is 2.26. The molecule has 21 heavy (non-hydrogen) atoms. The number of rotatable bonds is 5. The first kappa shape index (κ1) is 14.5. The van der Waals surface area contributed by atoms with Gasteiger partial charge in [0.25, 0.3) is 0 Å². The largest absolute Gasteiger partial charge is 0.480 e. The summed E-state index contributed by atoms with van der Waals surface area (Å²) >= 11 is 1.70. The molecule has 2 heterocycles. The molecule has 1 aliphatic rings. The first-order valence-electron chi connectivity index (χ1n) is 7.25. The van der Waals surface area contributed by atoms with Gasteiger partial charge >= 0.3 is 5.97 Å². The lowest BCUT2D eigenvalue weighted by Gasteiger charge is -2.28. The molecule has 0 spiro atoms. The standard InChI is InChI=1S/C16H19NO3S/c18-16(19)15(11-5-7-20-8-6-11)17-9-12-10-21-14-4-2-1-3-13(12)14/h1-4,10-11,15,17H,5-9H2,(H,18,19). The molecule has 0 aliphatic carbocycles. The number of hydrogen-bond acceptors (Lipinski definition) is 4. The Balaban J connectivity index is 1.70. The van der Waals surface area contributed by atoms with Crippen molar-refractivity contribution in [3.05, 3.63) is 35.2 Å². The molecule has 2 aromatic rings. The van der Waals surface area contributed by atoms with E-state index >= 15 is 0 Å². The third-order valence-corrected chi connectivity index (χ3v) is 5.09. The average molecular weight is 305 g/mol. The number of benzene rings is 1. The molecule has 112 valence electrons. The molecule has 2 N–H and O–H groups in total. The fourth-order valence-electron chi connectivity index (χ4n) is 2.89. The predicted molar refractivity (Wildman–Crippen MR) is 83.6 cm³/mol. The summed E-state index contributed by atoms with van der Waals surface area (Å²) in [4.78, 5) is 11.5. The zero-order chi connectivity index (χ0) is 14.7. The molecule has 0 amide bonds. The van der Waals surface area contributed by atoms with Gasteiger partial charge in [-0.3, -0.25) is 4.79 Å². The van der Waals surface area contributed by atoms with E-state index < -0.39 is 12.0 Å². The van der Waals surface area contributed by atoms with Crippen molar-refractivity contribution in [3.63, 3.8) is 0 Å². The van der Waals surface area contributed by atoms with Gasteiger partial charge in [-0.1, -0.05) is 18.2 Å². The van der Waals surface area contributed by atoms with Crippen LogP contribution in [0.25, 0.3) is 10.1 Å². The van der Waals surface area contributed by atoms with Gasteiger partial charge in [0, 0.05) is 24.5 Å². The molecule has 5 heteroatoms. The smallest absolute Gasteiger partial charge is 0.320 e. The van der Waals surface area contributed by atoms with Crippen LogP contribution in [0.3, 0.4) is 0 Å². The number of hydrogen-bond donors (Lipinski definition) is 2. The Bertz CT molecular complexity index is 619. The molecule has 1 aromatic heterocycles. The zero-order valence-corrected chi connectivity index (χ0v) is 12.6. The van der Waals surface area contributed by atoms with Crippen LogP contribution in [-0.4, -0.2) is 30.3 Å². The Labute approximate surface area is 127 Å². The predicted octanol–water partition coefficient (Wildman–Crippen LogP) is 2.87. The van der Waals surface area contributed by atoms with Gasteiger partial charge in [0.1, 0.15) is 6.04 Å². The van der Waals surface area contributed by atoms with Gasteiger partial charge in [-0.15, -0.1) is 11.3 Å². The Kier molecular flexibility index (Phi) is 4.53. The lowest BCUT2D eigenvalue weighted by Crippen LogP contribution is -2.44. The Morgan fingerprint density at radius 2 is 2.14 bits per heavy atom. The van der Waals surface area contributed by atoms with Crippen LogP contribution in [0, 0.1) is 5.92 Å². The number of carboxylic acid groups (broad SMARTS) is 1. The van der Waals surface area contributed by atoms with E-state index in [0.717, 1.165) is 12.8 Å². The summed E-state index contributed by atoms with van der Waals surface area (Å²) in [5.74, 6) is -0.609. The summed E-state index contributed by atoms with van der Waals surface area (Å²) in [5, 5.41) is 16.0. The van der Waals surface area contributed by atoms with Crippen molar-refractivity contribution < 1.29 is 14.6 Å². The van der Waals surface area contributed by atoms with Crippen LogP contribution in [0.2, 0.25) is 0 Å². The van der Waals surface area contributed by atoms with Crippen LogP contribution < -0.4 is 5.32 Å². The molecule has 0 saturated carbocycles. The number of ether oxygens (including phenoxy) is 1. The number of fused-ring (bicyclic) bond motifs is 1. The van der Waals surface area contributed by atoms with Crippen molar-refractivity contribution in [2.45, 2.75) is 25.4 Å². The highest BCUT2D eigenvalue weighted by atomic mass is 32.1. The van der Waals surface area contributed by atoms with E-state index in [1.165, 1.54) is 15.6 Å². The van der Waals surface area contributed by atoms with E-state index in [1.807, 2.05) is 12.1 Å². The normalized spacial score (nSPS) is 17.9. The average Bonchev–Trinajstić information content (AvgIpc) is 2.92. The minimum absolute atomic E-state index is 0.154. The molecule has 1 fully saturated rings. The van der Waals surface area contributed by atoms with Crippen LogP contribution in [0.4, 0.5) is 0 Å². The van der Waals surface area contributed by atoms with Crippen molar-refractivity contribution in [1.82, 2.24) is 5.32 Å². The van der Waals surface area contributed by atoms with Crippen molar-refractivity contribution in [2.24, 2.45) is 5.92 Å². The molecular weight excluding hydrogens is 286 g/mol. The fourth-order valence-corrected chi connectivity index (χ4v) is 3.86. The quantitative estimate of drug-likeness (QED) is 0.892. The summed E-state index contributed by atoms with van der Waals surface area (Å²) in [6.45, 7) is 1.92. The van der Waals surface area contributed by atoms with Crippen LogP contribution in [-0.2, 0) is 16.1 Å². The summed E-state index contributed by atoms with van der Waals surface area (Å²) in [6.07, 6.45) is 1.63. The minimum atomic E-state index is -0.763. The molecule has 1 aliphatic heterocycles. The molecule has 0 bridgehead atoms. The highest BCUT2D eigenvalue weighted by molar-refractivity contribution is 7.17. The molecule has 1 aromatic carbocycles. The lowest BCUT2D eigenvalue weighted by atomic mass is 9.91. The number of aliphatic carboxylic acids is 1. The highest BCUT2D eigenvalue weighted by Gasteiger charge is 2.29. The van der Waals surface area contributed by atoms with Crippen LogP contribution in [0.5, 0.6) is 0 Å². The van der Waals surface area contributed by atoms with E-state index in [4.69, 9.17) is 4.74 Å². The summed E-state index contributed by atoms with van der Waals surface area (Å²) in [5.41, 5.74) is 1.17. The van der Waals surface area contributed by atoms with Crippen LogP contribution in [0.1, 0.15) is 18.4 Å².